The van der Waals surface area contributed by atoms with Crippen LogP contribution in [0.4, 0.5) is 10.9 Å². The van der Waals surface area contributed by atoms with Crippen LogP contribution in [0.15, 0.2) is 53.3 Å². The van der Waals surface area contributed by atoms with E-state index < -0.39 is 0 Å². The molecule has 28 heavy (non-hydrogen) atoms. The first kappa shape index (κ1) is 20.3. The zero-order valence-corrected chi connectivity index (χ0v) is 17.9. The van der Waals surface area contributed by atoms with Crippen molar-refractivity contribution in [3.63, 3.8) is 0 Å². The van der Waals surface area contributed by atoms with E-state index in [1.54, 1.807) is 36.7 Å². The van der Waals surface area contributed by atoms with Crippen LogP contribution in [0.5, 0.6) is 11.5 Å². The molecule has 3 aromatic heterocycles. The van der Waals surface area contributed by atoms with Crippen LogP contribution in [0.3, 0.4) is 0 Å². The van der Waals surface area contributed by atoms with Gasteiger partial charge in [0.05, 0.1) is 16.7 Å². The molecule has 0 atom stereocenters. The second kappa shape index (κ2) is 8.71. The summed E-state index contributed by atoms with van der Waals surface area (Å²) in [7, 11) is 0. The Bertz CT molecular complexity index is 1160. The van der Waals surface area contributed by atoms with E-state index >= 15 is 0 Å². The zero-order valence-electron chi connectivity index (χ0n) is 13.9. The third-order valence-corrected chi connectivity index (χ3v) is 5.13. The van der Waals surface area contributed by atoms with Crippen LogP contribution in [-0.2, 0) is 0 Å². The normalized spacial score (nSPS) is 10.2. The Hall–Kier alpha value is -2.44. The fraction of sp³-hybridized carbons (Fsp3) is 0. The number of nitrogens with one attached hydrogen (secondary N) is 1. The van der Waals surface area contributed by atoms with Gasteiger partial charge in [0.2, 0.25) is 0 Å². The van der Waals surface area contributed by atoms with Crippen LogP contribution in [0, 0.1) is 11.3 Å². The number of ether oxygens (including phenoxy) is 1. The van der Waals surface area contributed by atoms with Crippen LogP contribution in [0.1, 0.15) is 5.56 Å². The van der Waals surface area contributed by atoms with E-state index in [-0.39, 0.29) is 12.4 Å². The third kappa shape index (κ3) is 4.34. The lowest BCUT2D eigenvalue weighted by Gasteiger charge is -2.12. The summed E-state index contributed by atoms with van der Waals surface area (Å²) in [6.45, 7) is 0. The lowest BCUT2D eigenvalue weighted by Crippen LogP contribution is -1.97. The third-order valence-electron chi connectivity index (χ3n) is 3.49. The molecule has 0 saturated heterocycles. The largest absolute Gasteiger partial charge is 0.452 e. The van der Waals surface area contributed by atoms with Crippen molar-refractivity contribution in [2.45, 2.75) is 0 Å². The lowest BCUT2D eigenvalue weighted by atomic mass is 10.2. The second-order valence-corrected chi connectivity index (χ2v) is 7.63. The van der Waals surface area contributed by atoms with E-state index in [9.17, 15) is 0 Å². The van der Waals surface area contributed by atoms with Gasteiger partial charge in [-0.05, 0) is 40.2 Å². The lowest BCUT2D eigenvalue weighted by molar-refractivity contribution is 0.482. The molecule has 0 fully saturated rings. The molecule has 140 valence electrons. The average molecular weight is 495 g/mol. The first-order chi connectivity index (χ1) is 13.1. The molecule has 0 aliphatic carbocycles. The highest BCUT2D eigenvalue weighted by Crippen LogP contribution is 2.37. The van der Waals surface area contributed by atoms with Gasteiger partial charge in [0.1, 0.15) is 16.1 Å². The van der Waals surface area contributed by atoms with Gasteiger partial charge in [0.25, 0.3) is 0 Å². The molecule has 0 unspecified atom stereocenters. The maximum atomic E-state index is 9.09. The number of pyridine rings is 2. The van der Waals surface area contributed by atoms with Gasteiger partial charge in [-0.15, -0.1) is 12.4 Å². The number of benzene rings is 1. The standard InChI is InChI=1S/C18H9BrClN5OS.ClH/c19-11-7-15(26-14-6-10(8-21)3-4-12(14)20)16(23-9-11)25-18-24-13-2-1-5-22-17(13)27-18;/h1-7,9H,(H,23,24,25);1H. The van der Waals surface area contributed by atoms with Gasteiger partial charge in [-0.2, -0.15) is 5.26 Å². The van der Waals surface area contributed by atoms with Crippen LogP contribution in [-0.4, -0.2) is 15.0 Å². The molecular formula is C18H10BrCl2N5OS. The van der Waals surface area contributed by atoms with Crippen LogP contribution in [0.25, 0.3) is 10.3 Å². The Kier molecular flexibility index (Phi) is 6.31. The summed E-state index contributed by atoms with van der Waals surface area (Å²) in [6, 6.07) is 12.4. The molecule has 0 bridgehead atoms. The highest BCUT2D eigenvalue weighted by Gasteiger charge is 2.13. The van der Waals surface area contributed by atoms with Crippen LogP contribution >= 0.6 is 51.3 Å². The summed E-state index contributed by atoms with van der Waals surface area (Å²) in [5.74, 6) is 1.27. The van der Waals surface area contributed by atoms with Gasteiger partial charge in [-0.1, -0.05) is 22.9 Å². The summed E-state index contributed by atoms with van der Waals surface area (Å²) in [5.41, 5.74) is 1.25. The predicted molar refractivity (Wildman–Crippen MR) is 116 cm³/mol. The molecular weight excluding hydrogens is 485 g/mol. The average Bonchev–Trinajstić information content (AvgIpc) is 3.08. The van der Waals surface area contributed by atoms with Crippen molar-refractivity contribution in [1.29, 1.82) is 5.26 Å². The molecule has 0 amide bonds. The molecule has 0 saturated carbocycles. The highest BCUT2D eigenvalue weighted by atomic mass is 79.9. The molecule has 4 aromatic rings. The number of thiazole rings is 1. The number of hydrogen-bond acceptors (Lipinski definition) is 7. The Morgan fingerprint density at radius 1 is 1.18 bits per heavy atom. The summed E-state index contributed by atoms with van der Waals surface area (Å²) in [5, 5.41) is 13.3. The molecule has 4 rings (SSSR count). The SMILES string of the molecule is Cl.N#Cc1ccc(Cl)c(Oc2cc(Br)cnc2Nc2nc3cccnc3s2)c1. The maximum Gasteiger partial charge on any atom is 0.191 e. The minimum absolute atomic E-state index is 0. The maximum absolute atomic E-state index is 9.09. The number of fused-ring (bicyclic) bond motifs is 1. The molecule has 0 aliphatic rings. The first-order valence-electron chi connectivity index (χ1n) is 7.64. The smallest absolute Gasteiger partial charge is 0.191 e. The Morgan fingerprint density at radius 2 is 2.04 bits per heavy atom. The molecule has 0 aliphatic heterocycles. The molecule has 0 radical (unpaired) electrons. The predicted octanol–water partition coefficient (Wildman–Crippen LogP) is 6.33. The van der Waals surface area contributed by atoms with Crippen molar-refractivity contribution in [3.05, 3.63) is 63.9 Å². The van der Waals surface area contributed by atoms with Crippen molar-refractivity contribution in [3.8, 4) is 17.6 Å². The van der Waals surface area contributed by atoms with Gasteiger partial charge in [-0.3, -0.25) is 0 Å². The highest BCUT2D eigenvalue weighted by molar-refractivity contribution is 9.10. The Balaban J connectivity index is 0.00000225. The number of hydrogen-bond donors (Lipinski definition) is 1. The van der Waals surface area contributed by atoms with Gasteiger partial charge < -0.3 is 10.1 Å². The molecule has 3 heterocycles. The fourth-order valence-electron chi connectivity index (χ4n) is 2.29. The number of nitriles is 1. The Labute approximate surface area is 183 Å². The minimum Gasteiger partial charge on any atom is -0.452 e. The summed E-state index contributed by atoms with van der Waals surface area (Å²) >= 11 is 11.0. The van der Waals surface area contributed by atoms with E-state index in [0.717, 1.165) is 14.8 Å². The summed E-state index contributed by atoms with van der Waals surface area (Å²) < 4.78 is 6.67. The number of halogens is 3. The van der Waals surface area contributed by atoms with Crippen molar-refractivity contribution in [1.82, 2.24) is 15.0 Å². The van der Waals surface area contributed by atoms with E-state index in [4.69, 9.17) is 21.6 Å². The zero-order chi connectivity index (χ0) is 18.8. The molecule has 0 spiro atoms. The van der Waals surface area contributed by atoms with Gasteiger partial charge >= 0.3 is 0 Å². The van der Waals surface area contributed by atoms with E-state index in [2.05, 4.69) is 42.3 Å². The number of aromatic nitrogens is 3. The van der Waals surface area contributed by atoms with Crippen LogP contribution < -0.4 is 10.1 Å². The van der Waals surface area contributed by atoms with Crippen molar-refractivity contribution in [2.24, 2.45) is 0 Å². The van der Waals surface area contributed by atoms with Crippen LogP contribution in [0.2, 0.25) is 5.02 Å². The summed E-state index contributed by atoms with van der Waals surface area (Å²) in [4.78, 5) is 14.0. The Morgan fingerprint density at radius 3 is 2.82 bits per heavy atom. The molecule has 10 heteroatoms. The van der Waals surface area contributed by atoms with Gasteiger partial charge in [0, 0.05) is 29.0 Å². The first-order valence-corrected chi connectivity index (χ1v) is 9.63. The number of anilines is 2. The minimum atomic E-state index is 0. The topological polar surface area (TPSA) is 83.7 Å². The summed E-state index contributed by atoms with van der Waals surface area (Å²) in [6.07, 6.45) is 3.37. The van der Waals surface area contributed by atoms with Gasteiger partial charge in [-0.25, -0.2) is 15.0 Å². The van der Waals surface area contributed by atoms with Gasteiger partial charge in [0.15, 0.2) is 16.7 Å². The quantitative estimate of drug-likeness (QED) is 0.356. The van der Waals surface area contributed by atoms with Crippen molar-refractivity contribution >= 4 is 72.6 Å². The number of nitrogens with zero attached hydrogens (tertiary/aromatic N) is 4. The monoisotopic (exact) mass is 493 g/mol. The molecule has 1 N–H and O–H groups in total. The van der Waals surface area contributed by atoms with E-state index in [0.29, 0.717) is 33.0 Å². The van der Waals surface area contributed by atoms with Crippen molar-refractivity contribution in [2.75, 3.05) is 5.32 Å². The molecule has 1 aromatic carbocycles. The van der Waals surface area contributed by atoms with Crippen molar-refractivity contribution < 1.29 is 4.74 Å². The molecule has 6 nitrogen and oxygen atoms in total. The van der Waals surface area contributed by atoms with E-state index in [1.807, 2.05) is 12.1 Å². The fourth-order valence-corrected chi connectivity index (χ4v) is 3.56. The second-order valence-electron chi connectivity index (χ2n) is 5.33. The van der Waals surface area contributed by atoms with E-state index in [1.165, 1.54) is 11.3 Å². The number of rotatable bonds is 4.